The standard InChI is InChI=1S/C18H14N4O3/c1-24-10-13-16(9-23)21-7-15-18(13)12-6-11(2-3-14(12)22-15)25-17-8-19-4-5-20-17/h2-9,22H,10H2,1H3. The Labute approximate surface area is 142 Å². The number of aromatic amines is 1. The number of nitrogens with one attached hydrogen (secondary N) is 1. The van der Waals surface area contributed by atoms with Crippen LogP contribution >= 0.6 is 0 Å². The number of ether oxygens (including phenoxy) is 2. The number of H-pyrrole nitrogens is 1. The smallest absolute Gasteiger partial charge is 0.237 e. The Morgan fingerprint density at radius 1 is 1.16 bits per heavy atom. The summed E-state index contributed by atoms with van der Waals surface area (Å²) in [4.78, 5) is 26.9. The Balaban J connectivity index is 1.90. The number of rotatable bonds is 5. The molecule has 7 heteroatoms. The van der Waals surface area contributed by atoms with Gasteiger partial charge in [-0.15, -0.1) is 0 Å². The molecule has 25 heavy (non-hydrogen) atoms. The molecule has 0 saturated heterocycles. The van der Waals surface area contributed by atoms with E-state index < -0.39 is 0 Å². The number of fused-ring (bicyclic) bond motifs is 3. The maximum absolute atomic E-state index is 11.3. The third kappa shape index (κ3) is 2.70. The van der Waals surface area contributed by atoms with Crippen molar-refractivity contribution in [2.45, 2.75) is 6.61 Å². The van der Waals surface area contributed by atoms with Gasteiger partial charge in [0.1, 0.15) is 11.4 Å². The fraction of sp³-hybridized carbons (Fsp3) is 0.111. The Kier molecular flexibility index (Phi) is 3.83. The van der Waals surface area contributed by atoms with Crippen molar-refractivity contribution in [3.63, 3.8) is 0 Å². The van der Waals surface area contributed by atoms with E-state index in [1.54, 1.807) is 31.9 Å². The first kappa shape index (κ1) is 15.2. The summed E-state index contributed by atoms with van der Waals surface area (Å²) in [6.45, 7) is 0.292. The third-order valence-electron chi connectivity index (χ3n) is 3.90. The summed E-state index contributed by atoms with van der Waals surface area (Å²) in [6, 6.07) is 5.66. The molecule has 0 saturated carbocycles. The van der Waals surface area contributed by atoms with Gasteiger partial charge in [-0.1, -0.05) is 0 Å². The summed E-state index contributed by atoms with van der Waals surface area (Å²) in [6.07, 6.45) is 7.09. The zero-order valence-electron chi connectivity index (χ0n) is 13.4. The van der Waals surface area contributed by atoms with E-state index in [-0.39, 0.29) is 0 Å². The minimum absolute atomic E-state index is 0.292. The van der Waals surface area contributed by atoms with Gasteiger partial charge in [0, 0.05) is 41.4 Å². The second-order valence-electron chi connectivity index (χ2n) is 5.44. The normalized spacial score (nSPS) is 11.1. The summed E-state index contributed by atoms with van der Waals surface area (Å²) < 4.78 is 11.0. The number of pyridine rings is 1. The summed E-state index contributed by atoms with van der Waals surface area (Å²) >= 11 is 0. The maximum atomic E-state index is 11.3. The van der Waals surface area contributed by atoms with E-state index in [1.165, 1.54) is 0 Å². The molecule has 0 aliphatic rings. The van der Waals surface area contributed by atoms with Crippen molar-refractivity contribution in [3.05, 3.63) is 54.2 Å². The number of carbonyl (C=O) groups is 1. The van der Waals surface area contributed by atoms with E-state index in [0.29, 0.717) is 23.9 Å². The largest absolute Gasteiger partial charge is 0.437 e. The number of carbonyl (C=O) groups excluding carboxylic acids is 1. The van der Waals surface area contributed by atoms with Gasteiger partial charge in [0.2, 0.25) is 5.88 Å². The van der Waals surface area contributed by atoms with Crippen LogP contribution in [0.1, 0.15) is 16.1 Å². The summed E-state index contributed by atoms with van der Waals surface area (Å²) in [5.41, 5.74) is 2.88. The van der Waals surface area contributed by atoms with Crippen LogP contribution in [0.3, 0.4) is 0 Å². The van der Waals surface area contributed by atoms with Crippen molar-refractivity contribution in [1.82, 2.24) is 19.9 Å². The predicted molar refractivity (Wildman–Crippen MR) is 91.8 cm³/mol. The molecule has 1 N–H and O–H groups in total. The second-order valence-corrected chi connectivity index (χ2v) is 5.44. The Morgan fingerprint density at radius 3 is 2.84 bits per heavy atom. The number of nitrogens with zero attached hydrogens (tertiary/aromatic N) is 3. The lowest BCUT2D eigenvalue weighted by Gasteiger charge is -2.06. The minimum atomic E-state index is 0.292. The molecular weight excluding hydrogens is 320 g/mol. The van der Waals surface area contributed by atoms with Gasteiger partial charge in [-0.05, 0) is 18.2 Å². The third-order valence-corrected chi connectivity index (χ3v) is 3.90. The fourth-order valence-electron chi connectivity index (χ4n) is 2.87. The van der Waals surface area contributed by atoms with E-state index in [9.17, 15) is 4.79 Å². The number of hydrogen-bond acceptors (Lipinski definition) is 6. The first-order valence-electron chi connectivity index (χ1n) is 7.61. The number of aldehydes is 1. The highest BCUT2D eigenvalue weighted by molar-refractivity contribution is 6.10. The first-order chi connectivity index (χ1) is 12.3. The molecule has 3 aromatic heterocycles. The summed E-state index contributed by atoms with van der Waals surface area (Å²) in [5, 5.41) is 1.83. The molecular formula is C18H14N4O3. The van der Waals surface area contributed by atoms with E-state index in [2.05, 4.69) is 19.9 Å². The molecule has 124 valence electrons. The van der Waals surface area contributed by atoms with Crippen LogP contribution in [0.2, 0.25) is 0 Å². The molecule has 0 amide bonds. The second kappa shape index (κ2) is 6.29. The monoisotopic (exact) mass is 334 g/mol. The molecule has 0 spiro atoms. The molecule has 0 aliphatic carbocycles. The van der Waals surface area contributed by atoms with Crippen LogP contribution < -0.4 is 4.74 Å². The molecule has 0 fully saturated rings. The summed E-state index contributed by atoms with van der Waals surface area (Å²) in [7, 11) is 1.59. The van der Waals surface area contributed by atoms with Gasteiger partial charge >= 0.3 is 0 Å². The molecule has 1 aromatic carbocycles. The first-order valence-corrected chi connectivity index (χ1v) is 7.61. The van der Waals surface area contributed by atoms with Crippen LogP contribution in [0.15, 0.2) is 43.0 Å². The SMILES string of the molecule is COCc1c(C=O)ncc2[nH]c3ccc(Oc4cnccn4)cc3c12. The molecule has 0 unspecified atom stereocenters. The van der Waals surface area contributed by atoms with Crippen molar-refractivity contribution in [2.24, 2.45) is 0 Å². The lowest BCUT2D eigenvalue weighted by molar-refractivity contribution is 0.111. The van der Waals surface area contributed by atoms with Crippen LogP contribution in [-0.4, -0.2) is 33.3 Å². The number of aromatic nitrogens is 4. The molecule has 0 radical (unpaired) electrons. The Morgan fingerprint density at radius 2 is 2.08 bits per heavy atom. The Bertz CT molecular complexity index is 1060. The van der Waals surface area contributed by atoms with Gasteiger partial charge < -0.3 is 14.5 Å². The van der Waals surface area contributed by atoms with Crippen LogP contribution in [0.4, 0.5) is 0 Å². The zero-order valence-corrected chi connectivity index (χ0v) is 13.4. The molecule has 3 heterocycles. The van der Waals surface area contributed by atoms with Crippen molar-refractivity contribution in [1.29, 1.82) is 0 Å². The Hall–Kier alpha value is -3.32. The van der Waals surface area contributed by atoms with E-state index in [4.69, 9.17) is 9.47 Å². The van der Waals surface area contributed by atoms with Crippen molar-refractivity contribution >= 4 is 28.1 Å². The van der Waals surface area contributed by atoms with Gasteiger partial charge in [-0.3, -0.25) is 14.8 Å². The van der Waals surface area contributed by atoms with Gasteiger partial charge in [0.05, 0.1) is 24.5 Å². The average Bonchev–Trinajstić information content (AvgIpc) is 3.01. The van der Waals surface area contributed by atoms with Gasteiger partial charge in [0.15, 0.2) is 6.29 Å². The van der Waals surface area contributed by atoms with Crippen molar-refractivity contribution in [2.75, 3.05) is 7.11 Å². The van der Waals surface area contributed by atoms with Gasteiger partial charge in [0.25, 0.3) is 0 Å². The molecule has 4 rings (SSSR count). The van der Waals surface area contributed by atoms with Crippen LogP contribution in [-0.2, 0) is 11.3 Å². The topological polar surface area (TPSA) is 90.0 Å². The van der Waals surface area contributed by atoms with Crippen LogP contribution in [0.5, 0.6) is 11.6 Å². The predicted octanol–water partition coefficient (Wildman–Crippen LogP) is 3.26. The quantitative estimate of drug-likeness (QED) is 0.563. The number of hydrogen-bond donors (Lipinski definition) is 1. The summed E-state index contributed by atoms with van der Waals surface area (Å²) in [5.74, 6) is 1.04. The molecule has 4 aromatic rings. The van der Waals surface area contributed by atoms with Gasteiger partial charge in [-0.2, -0.15) is 0 Å². The van der Waals surface area contributed by atoms with Crippen molar-refractivity contribution < 1.29 is 14.3 Å². The molecule has 7 nitrogen and oxygen atoms in total. The van der Waals surface area contributed by atoms with Gasteiger partial charge in [-0.25, -0.2) is 4.98 Å². The number of benzene rings is 1. The fourth-order valence-corrected chi connectivity index (χ4v) is 2.87. The average molecular weight is 334 g/mol. The number of methoxy groups -OCH3 is 1. The zero-order chi connectivity index (χ0) is 17.2. The van der Waals surface area contributed by atoms with Crippen LogP contribution in [0.25, 0.3) is 21.8 Å². The lowest BCUT2D eigenvalue weighted by Crippen LogP contribution is -1.98. The minimum Gasteiger partial charge on any atom is -0.437 e. The van der Waals surface area contributed by atoms with E-state index >= 15 is 0 Å². The molecule has 0 bridgehead atoms. The van der Waals surface area contributed by atoms with Crippen molar-refractivity contribution in [3.8, 4) is 11.6 Å². The van der Waals surface area contributed by atoms with Crippen LogP contribution in [0, 0.1) is 0 Å². The highest BCUT2D eigenvalue weighted by Crippen LogP contribution is 2.33. The lowest BCUT2D eigenvalue weighted by atomic mass is 10.1. The van der Waals surface area contributed by atoms with E-state index in [1.807, 2.05) is 18.2 Å². The molecule has 0 aliphatic heterocycles. The highest BCUT2D eigenvalue weighted by atomic mass is 16.5. The van der Waals surface area contributed by atoms with E-state index in [0.717, 1.165) is 33.7 Å². The highest BCUT2D eigenvalue weighted by Gasteiger charge is 2.15. The maximum Gasteiger partial charge on any atom is 0.237 e. The molecule has 0 atom stereocenters.